The topological polar surface area (TPSA) is 66.6 Å². The van der Waals surface area contributed by atoms with Crippen molar-refractivity contribution < 1.29 is 4.74 Å². The first-order chi connectivity index (χ1) is 10.1. The van der Waals surface area contributed by atoms with E-state index in [-0.39, 0.29) is 0 Å². The average Bonchev–Trinajstić information content (AvgIpc) is 2.91. The lowest BCUT2D eigenvalue weighted by Gasteiger charge is -2.11. The van der Waals surface area contributed by atoms with E-state index < -0.39 is 0 Å². The molecule has 1 aromatic carbocycles. The molecule has 5 nitrogen and oxygen atoms in total. The predicted octanol–water partition coefficient (Wildman–Crippen LogP) is 3.81. The Kier molecular flexibility index (Phi) is 3.47. The van der Waals surface area contributed by atoms with Crippen molar-refractivity contribution in [2.75, 3.05) is 7.11 Å². The van der Waals surface area contributed by atoms with Crippen LogP contribution in [-0.2, 0) is 0 Å². The summed E-state index contributed by atoms with van der Waals surface area (Å²) in [7, 11) is 1.65. The van der Waals surface area contributed by atoms with Gasteiger partial charge >= 0.3 is 0 Å². The van der Waals surface area contributed by atoms with Crippen molar-refractivity contribution in [2.45, 2.75) is 19.8 Å². The first kappa shape index (κ1) is 13.8. The summed E-state index contributed by atoms with van der Waals surface area (Å²) >= 11 is 5.05. The smallest absolute Gasteiger partial charge is 0.213 e. The summed E-state index contributed by atoms with van der Waals surface area (Å²) in [5.74, 6) is 1.83. The van der Waals surface area contributed by atoms with Gasteiger partial charge in [-0.3, -0.25) is 15.2 Å². The number of methoxy groups -OCH3 is 1. The molecule has 0 amide bonds. The minimum atomic E-state index is 0.331. The van der Waals surface area contributed by atoms with Gasteiger partial charge in [0.1, 0.15) is 5.75 Å². The largest absolute Gasteiger partial charge is 0.497 e. The molecule has 0 spiro atoms. The van der Waals surface area contributed by atoms with Crippen LogP contribution in [0.1, 0.15) is 25.5 Å². The fourth-order valence-electron chi connectivity index (χ4n) is 2.24. The molecule has 0 aliphatic heterocycles. The van der Waals surface area contributed by atoms with Gasteiger partial charge in [0.05, 0.1) is 12.6 Å². The van der Waals surface area contributed by atoms with Gasteiger partial charge in [0.15, 0.2) is 5.82 Å². The summed E-state index contributed by atoms with van der Waals surface area (Å²) in [6.45, 7) is 4.24. The van der Waals surface area contributed by atoms with Crippen LogP contribution in [0.25, 0.3) is 22.3 Å². The fourth-order valence-corrected chi connectivity index (χ4v) is 2.38. The summed E-state index contributed by atoms with van der Waals surface area (Å²) in [5, 5.41) is 6.83. The second kappa shape index (κ2) is 5.29. The number of benzene rings is 1. The molecule has 0 saturated heterocycles. The van der Waals surface area contributed by atoms with E-state index in [9.17, 15) is 0 Å². The van der Waals surface area contributed by atoms with Gasteiger partial charge in [-0.2, -0.15) is 4.98 Å². The van der Waals surface area contributed by atoms with E-state index in [4.69, 9.17) is 21.9 Å². The number of nitrogens with zero attached hydrogens (tertiary/aromatic N) is 2. The number of nitrogens with one attached hydrogen (secondary N) is 2. The summed E-state index contributed by atoms with van der Waals surface area (Å²) in [5.41, 5.74) is 2.90. The van der Waals surface area contributed by atoms with Crippen LogP contribution >= 0.6 is 12.2 Å². The molecule has 2 heterocycles. The lowest BCUT2D eigenvalue weighted by atomic mass is 10.0. The minimum absolute atomic E-state index is 0.331. The average molecular weight is 300 g/mol. The van der Waals surface area contributed by atoms with Crippen LogP contribution in [0.15, 0.2) is 24.3 Å². The van der Waals surface area contributed by atoms with Gasteiger partial charge in [0.25, 0.3) is 0 Å². The summed E-state index contributed by atoms with van der Waals surface area (Å²) in [6.07, 6.45) is 0. The Balaban J connectivity index is 2.34. The normalized spacial score (nSPS) is 11.2. The third-order valence-corrected chi connectivity index (χ3v) is 3.58. The zero-order valence-corrected chi connectivity index (χ0v) is 12.9. The number of aromatic amines is 2. The molecule has 0 bridgehead atoms. The van der Waals surface area contributed by atoms with E-state index in [0.717, 1.165) is 27.9 Å². The zero-order valence-electron chi connectivity index (χ0n) is 12.1. The summed E-state index contributed by atoms with van der Waals surface area (Å²) in [6, 6.07) is 7.89. The van der Waals surface area contributed by atoms with Crippen LogP contribution in [0.4, 0.5) is 0 Å². The first-order valence-electron chi connectivity index (χ1n) is 6.72. The number of H-pyrrole nitrogens is 2. The van der Waals surface area contributed by atoms with Crippen molar-refractivity contribution in [2.24, 2.45) is 0 Å². The molecule has 0 fully saturated rings. The molecule has 3 rings (SSSR count). The van der Waals surface area contributed by atoms with E-state index in [2.05, 4.69) is 29.0 Å². The maximum Gasteiger partial charge on any atom is 0.213 e. The molecule has 0 radical (unpaired) electrons. The highest BCUT2D eigenvalue weighted by atomic mass is 32.1. The molecule has 0 saturated carbocycles. The van der Waals surface area contributed by atoms with Gasteiger partial charge in [-0.15, -0.1) is 0 Å². The van der Waals surface area contributed by atoms with Crippen LogP contribution in [-0.4, -0.2) is 27.3 Å². The van der Waals surface area contributed by atoms with Gasteiger partial charge in [0.2, 0.25) is 4.77 Å². The molecule has 0 aliphatic carbocycles. The van der Waals surface area contributed by atoms with Crippen molar-refractivity contribution in [3.05, 3.63) is 34.7 Å². The number of hydrogen-bond acceptors (Lipinski definition) is 4. The van der Waals surface area contributed by atoms with Gasteiger partial charge < -0.3 is 4.74 Å². The monoisotopic (exact) mass is 300 g/mol. The second-order valence-corrected chi connectivity index (χ2v) is 5.53. The molecular formula is C15H16N4OS. The van der Waals surface area contributed by atoms with Crippen LogP contribution < -0.4 is 4.74 Å². The summed E-state index contributed by atoms with van der Waals surface area (Å²) < 4.78 is 5.74. The highest BCUT2D eigenvalue weighted by Gasteiger charge is 2.13. The van der Waals surface area contributed by atoms with Crippen LogP contribution in [0.3, 0.4) is 0 Å². The minimum Gasteiger partial charge on any atom is -0.497 e. The molecule has 3 aromatic rings. The van der Waals surface area contributed by atoms with Gasteiger partial charge in [-0.25, -0.2) is 0 Å². The van der Waals surface area contributed by atoms with Crippen molar-refractivity contribution in [1.29, 1.82) is 0 Å². The maximum atomic E-state index is 5.31. The number of hydrogen-bond donors (Lipinski definition) is 2. The molecule has 0 unspecified atom stereocenters. The fraction of sp³-hybridized carbons (Fsp3) is 0.267. The Bertz CT molecular complexity index is 850. The third kappa shape index (κ3) is 2.54. The quantitative estimate of drug-likeness (QED) is 0.722. The van der Waals surface area contributed by atoms with Gasteiger partial charge in [-0.1, -0.05) is 13.8 Å². The molecule has 2 aromatic heterocycles. The second-order valence-electron chi connectivity index (χ2n) is 5.15. The Labute approximate surface area is 127 Å². The van der Waals surface area contributed by atoms with Crippen molar-refractivity contribution in [1.82, 2.24) is 20.2 Å². The van der Waals surface area contributed by atoms with Crippen molar-refractivity contribution >= 4 is 23.1 Å². The standard InChI is InChI=1S/C15H16N4OS/c1-8(2)13-7-11(14-17-15(21)19-18-14)10-6-9(20-3)4-5-12(10)16-13/h4-8H,1-3H3,(H2,17,18,19,21). The van der Waals surface area contributed by atoms with Gasteiger partial charge in [0, 0.05) is 16.6 Å². The Morgan fingerprint density at radius 2 is 1.95 bits per heavy atom. The maximum absolute atomic E-state index is 5.31. The van der Waals surface area contributed by atoms with E-state index in [1.165, 1.54) is 0 Å². The number of ether oxygens (including phenoxy) is 1. The van der Waals surface area contributed by atoms with E-state index in [1.807, 2.05) is 24.3 Å². The van der Waals surface area contributed by atoms with E-state index in [1.54, 1.807) is 7.11 Å². The molecule has 0 atom stereocenters. The lowest BCUT2D eigenvalue weighted by Crippen LogP contribution is -1.96. The van der Waals surface area contributed by atoms with Gasteiger partial charge in [-0.05, 0) is 42.4 Å². The first-order valence-corrected chi connectivity index (χ1v) is 7.13. The predicted molar refractivity (Wildman–Crippen MR) is 85.2 cm³/mol. The van der Waals surface area contributed by atoms with E-state index >= 15 is 0 Å². The van der Waals surface area contributed by atoms with Crippen LogP contribution in [0.2, 0.25) is 0 Å². The Morgan fingerprint density at radius 1 is 1.14 bits per heavy atom. The number of aromatic nitrogens is 4. The van der Waals surface area contributed by atoms with Crippen molar-refractivity contribution in [3.63, 3.8) is 0 Å². The third-order valence-electron chi connectivity index (χ3n) is 3.38. The number of fused-ring (bicyclic) bond motifs is 1. The molecule has 21 heavy (non-hydrogen) atoms. The summed E-state index contributed by atoms with van der Waals surface area (Å²) in [4.78, 5) is 9.03. The molecule has 2 N–H and O–H groups in total. The number of pyridine rings is 1. The lowest BCUT2D eigenvalue weighted by molar-refractivity contribution is 0.415. The Morgan fingerprint density at radius 3 is 2.57 bits per heavy atom. The molecule has 108 valence electrons. The number of rotatable bonds is 3. The van der Waals surface area contributed by atoms with Crippen LogP contribution in [0.5, 0.6) is 5.75 Å². The van der Waals surface area contributed by atoms with Crippen molar-refractivity contribution in [3.8, 4) is 17.1 Å². The SMILES string of the molecule is COc1ccc2nc(C(C)C)cc(-c3nc(=S)[nH][nH]3)c2c1. The molecular weight excluding hydrogens is 284 g/mol. The Hall–Kier alpha value is -2.21. The zero-order chi connectivity index (χ0) is 15.0. The molecule has 6 heteroatoms. The highest BCUT2D eigenvalue weighted by Crippen LogP contribution is 2.31. The van der Waals surface area contributed by atoms with E-state index in [0.29, 0.717) is 16.5 Å². The van der Waals surface area contributed by atoms with Crippen LogP contribution in [0, 0.1) is 4.77 Å². The highest BCUT2D eigenvalue weighted by molar-refractivity contribution is 7.71. The molecule has 0 aliphatic rings.